The molecular formula is C16H19FN4O3. The highest BCUT2D eigenvalue weighted by Gasteiger charge is 2.20. The normalized spacial score (nSPS) is 17.0. The standard InChI is InChI=1S/C16H19FN4O3/c1-21(10-13-3-2-8-23-13)16(22)18-9-14-19-15(20-24-14)11-4-6-12(17)7-5-11/h4-7,13H,2-3,8-10H2,1H3,(H,18,22)/t13-/m0/s1. The van der Waals surface area contributed by atoms with Crippen molar-refractivity contribution in [2.75, 3.05) is 20.2 Å². The van der Waals surface area contributed by atoms with Gasteiger partial charge in [-0.2, -0.15) is 4.98 Å². The summed E-state index contributed by atoms with van der Waals surface area (Å²) in [6, 6.07) is 5.56. The molecular weight excluding hydrogens is 315 g/mol. The van der Waals surface area contributed by atoms with Crippen molar-refractivity contribution in [1.82, 2.24) is 20.4 Å². The topological polar surface area (TPSA) is 80.5 Å². The fourth-order valence-electron chi connectivity index (χ4n) is 2.51. The molecule has 2 aromatic rings. The summed E-state index contributed by atoms with van der Waals surface area (Å²) in [4.78, 5) is 17.8. The Morgan fingerprint density at radius 1 is 1.42 bits per heavy atom. The van der Waals surface area contributed by atoms with E-state index in [-0.39, 0.29) is 30.4 Å². The van der Waals surface area contributed by atoms with Crippen LogP contribution in [-0.4, -0.2) is 47.4 Å². The van der Waals surface area contributed by atoms with E-state index in [0.29, 0.717) is 17.9 Å². The minimum absolute atomic E-state index is 0.106. The minimum atomic E-state index is -0.330. The lowest BCUT2D eigenvalue weighted by Crippen LogP contribution is -2.40. The first-order valence-electron chi connectivity index (χ1n) is 7.81. The van der Waals surface area contributed by atoms with E-state index in [9.17, 15) is 9.18 Å². The molecule has 0 unspecified atom stereocenters. The molecule has 24 heavy (non-hydrogen) atoms. The number of amides is 2. The fourth-order valence-corrected chi connectivity index (χ4v) is 2.51. The molecule has 0 bridgehead atoms. The van der Waals surface area contributed by atoms with Gasteiger partial charge in [0.05, 0.1) is 12.6 Å². The van der Waals surface area contributed by atoms with E-state index >= 15 is 0 Å². The molecule has 0 aliphatic carbocycles. The van der Waals surface area contributed by atoms with Crippen LogP contribution in [0.25, 0.3) is 11.4 Å². The third-order valence-corrected chi connectivity index (χ3v) is 3.81. The summed E-state index contributed by atoms with van der Waals surface area (Å²) in [5.41, 5.74) is 0.647. The Morgan fingerprint density at radius 2 is 2.21 bits per heavy atom. The molecule has 1 atom stereocenters. The second kappa shape index (κ2) is 7.39. The molecule has 0 spiro atoms. The summed E-state index contributed by atoms with van der Waals surface area (Å²) in [5, 5.41) is 6.55. The van der Waals surface area contributed by atoms with Crippen molar-refractivity contribution >= 4 is 6.03 Å². The quantitative estimate of drug-likeness (QED) is 0.906. The van der Waals surface area contributed by atoms with Gasteiger partial charge in [0.15, 0.2) is 0 Å². The van der Waals surface area contributed by atoms with Crippen molar-refractivity contribution in [3.05, 3.63) is 36.0 Å². The maximum absolute atomic E-state index is 12.9. The van der Waals surface area contributed by atoms with E-state index in [0.717, 1.165) is 19.4 Å². The van der Waals surface area contributed by atoms with Crippen LogP contribution in [0.3, 0.4) is 0 Å². The maximum Gasteiger partial charge on any atom is 0.317 e. The Balaban J connectivity index is 1.51. The monoisotopic (exact) mass is 334 g/mol. The summed E-state index contributed by atoms with van der Waals surface area (Å²) in [6.07, 6.45) is 2.12. The van der Waals surface area contributed by atoms with Crippen LogP contribution in [0, 0.1) is 5.82 Å². The van der Waals surface area contributed by atoms with E-state index < -0.39 is 0 Å². The third kappa shape index (κ3) is 4.08. The number of benzene rings is 1. The largest absolute Gasteiger partial charge is 0.376 e. The lowest BCUT2D eigenvalue weighted by atomic mass is 10.2. The maximum atomic E-state index is 12.9. The number of nitrogens with one attached hydrogen (secondary N) is 1. The van der Waals surface area contributed by atoms with Crippen molar-refractivity contribution in [3.8, 4) is 11.4 Å². The zero-order valence-corrected chi connectivity index (χ0v) is 13.4. The number of hydrogen-bond donors (Lipinski definition) is 1. The molecule has 8 heteroatoms. The summed E-state index contributed by atoms with van der Waals surface area (Å²) in [6.45, 7) is 1.44. The Labute approximate surface area is 138 Å². The molecule has 1 aliphatic rings. The Kier molecular flexibility index (Phi) is 5.05. The van der Waals surface area contributed by atoms with Gasteiger partial charge in [-0.05, 0) is 37.1 Å². The summed E-state index contributed by atoms with van der Waals surface area (Å²) in [7, 11) is 1.72. The first kappa shape index (κ1) is 16.4. The first-order valence-corrected chi connectivity index (χ1v) is 7.81. The molecule has 0 saturated carbocycles. The molecule has 1 saturated heterocycles. The fraction of sp³-hybridized carbons (Fsp3) is 0.438. The molecule has 0 radical (unpaired) electrons. The molecule has 7 nitrogen and oxygen atoms in total. The van der Waals surface area contributed by atoms with Crippen LogP contribution in [-0.2, 0) is 11.3 Å². The molecule has 3 rings (SSSR count). The smallest absolute Gasteiger partial charge is 0.317 e. The molecule has 1 aromatic carbocycles. The van der Waals surface area contributed by atoms with Crippen molar-refractivity contribution in [2.24, 2.45) is 0 Å². The van der Waals surface area contributed by atoms with E-state index in [1.54, 1.807) is 24.1 Å². The Bertz CT molecular complexity index is 683. The van der Waals surface area contributed by atoms with Gasteiger partial charge in [-0.3, -0.25) is 0 Å². The third-order valence-electron chi connectivity index (χ3n) is 3.81. The van der Waals surface area contributed by atoms with Crippen LogP contribution in [0.5, 0.6) is 0 Å². The van der Waals surface area contributed by atoms with Gasteiger partial charge in [0.25, 0.3) is 0 Å². The van der Waals surface area contributed by atoms with Gasteiger partial charge in [0, 0.05) is 25.8 Å². The van der Waals surface area contributed by atoms with Crippen LogP contribution < -0.4 is 5.32 Å². The van der Waals surface area contributed by atoms with Gasteiger partial charge in [-0.15, -0.1) is 0 Å². The summed E-state index contributed by atoms with van der Waals surface area (Å²) < 4.78 is 23.5. The van der Waals surface area contributed by atoms with Crippen LogP contribution in [0.1, 0.15) is 18.7 Å². The van der Waals surface area contributed by atoms with Crippen LogP contribution in [0.4, 0.5) is 9.18 Å². The summed E-state index contributed by atoms with van der Waals surface area (Å²) >= 11 is 0. The molecule has 1 aromatic heterocycles. The van der Waals surface area contributed by atoms with Gasteiger partial charge in [0.2, 0.25) is 11.7 Å². The second-order valence-corrected chi connectivity index (χ2v) is 5.69. The molecule has 1 fully saturated rings. The number of aromatic nitrogens is 2. The van der Waals surface area contributed by atoms with Crippen LogP contribution >= 0.6 is 0 Å². The number of carbonyl (C=O) groups is 1. The number of halogens is 1. The molecule has 1 N–H and O–H groups in total. The highest BCUT2D eigenvalue weighted by molar-refractivity contribution is 5.73. The SMILES string of the molecule is CN(C[C@@H]1CCCO1)C(=O)NCc1nc(-c2ccc(F)cc2)no1. The van der Waals surface area contributed by atoms with Crippen molar-refractivity contribution < 1.29 is 18.4 Å². The average Bonchev–Trinajstić information content (AvgIpc) is 3.25. The zero-order valence-electron chi connectivity index (χ0n) is 13.4. The Hall–Kier alpha value is -2.48. The van der Waals surface area contributed by atoms with Gasteiger partial charge in [0.1, 0.15) is 5.82 Å². The van der Waals surface area contributed by atoms with Crippen LogP contribution in [0.15, 0.2) is 28.8 Å². The van der Waals surface area contributed by atoms with E-state index in [1.165, 1.54) is 12.1 Å². The number of carbonyl (C=O) groups excluding carboxylic acids is 1. The highest BCUT2D eigenvalue weighted by Crippen LogP contribution is 2.16. The van der Waals surface area contributed by atoms with Gasteiger partial charge < -0.3 is 19.5 Å². The van der Waals surface area contributed by atoms with Crippen molar-refractivity contribution in [1.29, 1.82) is 0 Å². The van der Waals surface area contributed by atoms with E-state index in [1.807, 2.05) is 0 Å². The zero-order chi connectivity index (χ0) is 16.9. The molecule has 1 aliphatic heterocycles. The number of hydrogen-bond acceptors (Lipinski definition) is 5. The second-order valence-electron chi connectivity index (χ2n) is 5.69. The Morgan fingerprint density at radius 3 is 2.92 bits per heavy atom. The number of urea groups is 1. The van der Waals surface area contributed by atoms with Crippen molar-refractivity contribution in [3.63, 3.8) is 0 Å². The average molecular weight is 334 g/mol. The summed E-state index contributed by atoms with van der Waals surface area (Å²) in [5.74, 6) is 0.309. The van der Waals surface area contributed by atoms with Gasteiger partial charge in [-0.1, -0.05) is 5.16 Å². The lowest BCUT2D eigenvalue weighted by molar-refractivity contribution is 0.0873. The predicted octanol–water partition coefficient (Wildman–Crippen LogP) is 2.20. The van der Waals surface area contributed by atoms with E-state index in [4.69, 9.17) is 9.26 Å². The number of rotatable bonds is 5. The van der Waals surface area contributed by atoms with Gasteiger partial charge >= 0.3 is 6.03 Å². The van der Waals surface area contributed by atoms with Gasteiger partial charge in [-0.25, -0.2) is 9.18 Å². The number of likely N-dealkylation sites (N-methyl/N-ethyl adjacent to an activating group) is 1. The van der Waals surface area contributed by atoms with Crippen molar-refractivity contribution in [2.45, 2.75) is 25.5 Å². The highest BCUT2D eigenvalue weighted by atomic mass is 19.1. The van der Waals surface area contributed by atoms with Crippen LogP contribution in [0.2, 0.25) is 0 Å². The minimum Gasteiger partial charge on any atom is -0.376 e. The number of nitrogens with zero attached hydrogens (tertiary/aromatic N) is 3. The first-order chi connectivity index (χ1) is 11.6. The molecule has 128 valence electrons. The number of ether oxygens (including phenoxy) is 1. The van der Waals surface area contributed by atoms with E-state index in [2.05, 4.69) is 15.5 Å². The molecule has 2 amide bonds. The predicted molar refractivity (Wildman–Crippen MR) is 83.5 cm³/mol. The molecule has 2 heterocycles. The lowest BCUT2D eigenvalue weighted by Gasteiger charge is -2.20.